The van der Waals surface area contributed by atoms with Crippen molar-refractivity contribution < 1.29 is 12.8 Å². The highest BCUT2D eigenvalue weighted by Gasteiger charge is 2.31. The van der Waals surface area contributed by atoms with Crippen LogP contribution < -0.4 is 5.32 Å². The second kappa shape index (κ2) is 6.52. The Morgan fingerprint density at radius 3 is 2.67 bits per heavy atom. The molecule has 1 aliphatic heterocycles. The molecule has 5 nitrogen and oxygen atoms in total. The Kier molecular flexibility index (Phi) is 4.93. The summed E-state index contributed by atoms with van der Waals surface area (Å²) in [4.78, 5) is -0.239. The number of nitrogens with one attached hydrogen (secondary N) is 1. The van der Waals surface area contributed by atoms with Crippen LogP contribution in [0.2, 0.25) is 0 Å². The molecule has 1 N–H and O–H groups in total. The molecule has 1 fully saturated rings. The van der Waals surface area contributed by atoms with Gasteiger partial charge in [-0.05, 0) is 44.5 Å². The third-order valence-electron chi connectivity index (χ3n) is 3.77. The van der Waals surface area contributed by atoms with Crippen molar-refractivity contribution in [2.24, 2.45) is 5.92 Å². The molecule has 21 heavy (non-hydrogen) atoms. The highest BCUT2D eigenvalue weighted by molar-refractivity contribution is 7.89. The Hall–Kier alpha value is -1.49. The molecule has 1 heterocycles. The van der Waals surface area contributed by atoms with Crippen molar-refractivity contribution in [3.05, 3.63) is 29.6 Å². The first-order chi connectivity index (χ1) is 10.0. The summed E-state index contributed by atoms with van der Waals surface area (Å²) in [6.07, 6.45) is 1.52. The molecule has 2 rings (SSSR count). The van der Waals surface area contributed by atoms with E-state index in [4.69, 9.17) is 5.26 Å². The maximum absolute atomic E-state index is 13.6. The summed E-state index contributed by atoms with van der Waals surface area (Å²) >= 11 is 0. The lowest BCUT2D eigenvalue weighted by atomic mass is 9.98. The van der Waals surface area contributed by atoms with Gasteiger partial charge in [-0.2, -0.15) is 9.57 Å². The van der Waals surface area contributed by atoms with Gasteiger partial charge in [0.1, 0.15) is 22.3 Å². The largest absolute Gasteiger partial charge is 0.319 e. The zero-order chi connectivity index (χ0) is 15.5. The van der Waals surface area contributed by atoms with E-state index in [1.165, 1.54) is 16.4 Å². The topological polar surface area (TPSA) is 73.2 Å². The summed E-state index contributed by atoms with van der Waals surface area (Å²) in [5.41, 5.74) is -0.408. The molecular weight excluding hydrogens is 293 g/mol. The summed E-state index contributed by atoms with van der Waals surface area (Å²) in [5, 5.41) is 12.1. The van der Waals surface area contributed by atoms with Crippen LogP contribution in [0.1, 0.15) is 18.4 Å². The van der Waals surface area contributed by atoms with Crippen LogP contribution in [0.15, 0.2) is 23.1 Å². The lowest BCUT2D eigenvalue weighted by Crippen LogP contribution is -2.40. The maximum atomic E-state index is 13.6. The molecule has 0 radical (unpaired) electrons. The molecular formula is C14H18FN3O2S. The average molecular weight is 311 g/mol. The highest BCUT2D eigenvalue weighted by atomic mass is 32.2. The van der Waals surface area contributed by atoms with Crippen molar-refractivity contribution in [3.8, 4) is 6.07 Å². The fraction of sp³-hybridized carbons (Fsp3) is 0.500. The lowest BCUT2D eigenvalue weighted by Gasteiger charge is -2.31. The van der Waals surface area contributed by atoms with E-state index in [1.54, 1.807) is 6.07 Å². The Balaban J connectivity index is 2.25. The Morgan fingerprint density at radius 2 is 2.10 bits per heavy atom. The summed E-state index contributed by atoms with van der Waals surface area (Å²) in [6, 6.07) is 5.35. The van der Waals surface area contributed by atoms with Gasteiger partial charge in [0.25, 0.3) is 0 Å². The quantitative estimate of drug-likeness (QED) is 0.910. The monoisotopic (exact) mass is 311 g/mol. The fourth-order valence-electron chi connectivity index (χ4n) is 2.61. The normalized spacial score (nSPS) is 17.6. The van der Waals surface area contributed by atoms with Crippen LogP contribution in [0.5, 0.6) is 0 Å². The predicted molar refractivity (Wildman–Crippen MR) is 76.5 cm³/mol. The SMILES string of the molecule is CNCC1CCN(S(=O)(=O)c2cccc(F)c2C#N)CC1. The van der Waals surface area contributed by atoms with E-state index in [1.807, 2.05) is 7.05 Å². The van der Waals surface area contributed by atoms with Gasteiger partial charge in [0.15, 0.2) is 0 Å². The molecule has 0 bridgehead atoms. The molecule has 0 atom stereocenters. The van der Waals surface area contributed by atoms with Crippen LogP contribution in [-0.2, 0) is 10.0 Å². The molecule has 0 aromatic heterocycles. The second-order valence-electron chi connectivity index (χ2n) is 5.13. The molecule has 1 aromatic rings. The molecule has 7 heteroatoms. The Labute approximate surface area is 124 Å². The summed E-state index contributed by atoms with van der Waals surface area (Å²) in [7, 11) is -1.95. The van der Waals surface area contributed by atoms with Gasteiger partial charge in [0, 0.05) is 13.1 Å². The summed E-state index contributed by atoms with van der Waals surface area (Å²) in [5.74, 6) is -0.354. The van der Waals surface area contributed by atoms with Crippen molar-refractivity contribution in [1.82, 2.24) is 9.62 Å². The van der Waals surface area contributed by atoms with Crippen molar-refractivity contribution in [2.45, 2.75) is 17.7 Å². The lowest BCUT2D eigenvalue weighted by molar-refractivity contribution is 0.270. The highest BCUT2D eigenvalue weighted by Crippen LogP contribution is 2.26. The van der Waals surface area contributed by atoms with E-state index >= 15 is 0 Å². The van der Waals surface area contributed by atoms with E-state index in [2.05, 4.69) is 5.32 Å². The number of piperidine rings is 1. The van der Waals surface area contributed by atoms with Crippen molar-refractivity contribution in [3.63, 3.8) is 0 Å². The van der Waals surface area contributed by atoms with Crippen LogP contribution in [0.4, 0.5) is 4.39 Å². The number of rotatable bonds is 4. The minimum absolute atomic E-state index is 0.239. The van der Waals surface area contributed by atoms with Gasteiger partial charge in [-0.3, -0.25) is 0 Å². The minimum atomic E-state index is -3.82. The third kappa shape index (κ3) is 3.23. The molecule has 1 aliphatic rings. The first kappa shape index (κ1) is 15.9. The van der Waals surface area contributed by atoms with E-state index in [0.717, 1.165) is 25.5 Å². The molecule has 1 aromatic carbocycles. The molecule has 114 valence electrons. The average Bonchev–Trinajstić information content (AvgIpc) is 2.48. The van der Waals surface area contributed by atoms with Gasteiger partial charge in [-0.15, -0.1) is 0 Å². The summed E-state index contributed by atoms with van der Waals surface area (Å²) < 4.78 is 40.1. The van der Waals surface area contributed by atoms with Crippen LogP contribution in [-0.4, -0.2) is 39.4 Å². The molecule has 0 spiro atoms. The maximum Gasteiger partial charge on any atom is 0.244 e. The zero-order valence-corrected chi connectivity index (χ0v) is 12.7. The van der Waals surface area contributed by atoms with Gasteiger partial charge < -0.3 is 5.32 Å². The molecule has 1 saturated heterocycles. The van der Waals surface area contributed by atoms with Gasteiger partial charge in [0.2, 0.25) is 10.0 Å². The number of hydrogen-bond donors (Lipinski definition) is 1. The van der Waals surface area contributed by atoms with Gasteiger partial charge in [0.05, 0.1) is 0 Å². The third-order valence-corrected chi connectivity index (χ3v) is 5.71. The second-order valence-corrected chi connectivity index (χ2v) is 7.04. The van der Waals surface area contributed by atoms with Crippen LogP contribution in [0, 0.1) is 23.1 Å². The van der Waals surface area contributed by atoms with Crippen LogP contribution in [0.25, 0.3) is 0 Å². The number of sulfonamides is 1. The number of halogens is 1. The van der Waals surface area contributed by atoms with Gasteiger partial charge >= 0.3 is 0 Å². The van der Waals surface area contributed by atoms with E-state index in [9.17, 15) is 12.8 Å². The Morgan fingerprint density at radius 1 is 1.43 bits per heavy atom. The first-order valence-electron chi connectivity index (χ1n) is 6.84. The molecule has 0 saturated carbocycles. The van der Waals surface area contributed by atoms with Gasteiger partial charge in [-0.1, -0.05) is 6.07 Å². The number of nitrogens with zero attached hydrogens (tertiary/aromatic N) is 2. The van der Waals surface area contributed by atoms with E-state index in [-0.39, 0.29) is 4.90 Å². The van der Waals surface area contributed by atoms with Crippen molar-refractivity contribution in [1.29, 1.82) is 5.26 Å². The van der Waals surface area contributed by atoms with Crippen molar-refractivity contribution in [2.75, 3.05) is 26.7 Å². The van der Waals surface area contributed by atoms with E-state index < -0.39 is 21.4 Å². The smallest absolute Gasteiger partial charge is 0.244 e. The number of benzene rings is 1. The minimum Gasteiger partial charge on any atom is -0.319 e. The van der Waals surface area contributed by atoms with Gasteiger partial charge in [-0.25, -0.2) is 12.8 Å². The summed E-state index contributed by atoms with van der Waals surface area (Å²) in [6.45, 7) is 1.66. The molecule has 0 unspecified atom stereocenters. The molecule has 0 amide bonds. The number of nitriles is 1. The van der Waals surface area contributed by atoms with Crippen LogP contribution >= 0.6 is 0 Å². The van der Waals surface area contributed by atoms with Crippen molar-refractivity contribution >= 4 is 10.0 Å². The first-order valence-corrected chi connectivity index (χ1v) is 8.28. The fourth-order valence-corrected chi connectivity index (χ4v) is 4.23. The Bertz CT molecular complexity index is 647. The molecule has 0 aliphatic carbocycles. The zero-order valence-electron chi connectivity index (χ0n) is 11.8. The number of hydrogen-bond acceptors (Lipinski definition) is 4. The standard InChI is InChI=1S/C14H18FN3O2S/c1-17-10-11-5-7-18(8-6-11)21(19,20)14-4-2-3-13(15)12(14)9-16/h2-4,11,17H,5-8,10H2,1H3. The predicted octanol–water partition coefficient (Wildman–Crippen LogP) is 1.32. The van der Waals surface area contributed by atoms with Crippen LogP contribution in [0.3, 0.4) is 0 Å². The van der Waals surface area contributed by atoms with E-state index in [0.29, 0.717) is 19.0 Å².